The van der Waals surface area contributed by atoms with Gasteiger partial charge >= 0.3 is 0 Å². The minimum Gasteiger partial charge on any atom is -0.353 e. The molecule has 1 aliphatic rings. The van der Waals surface area contributed by atoms with Gasteiger partial charge in [0.15, 0.2) is 10.3 Å². The number of amides is 1. The van der Waals surface area contributed by atoms with Crippen LogP contribution in [0.1, 0.15) is 12.8 Å². The van der Waals surface area contributed by atoms with Gasteiger partial charge in [-0.3, -0.25) is 4.79 Å². The third-order valence-corrected chi connectivity index (χ3v) is 5.13. The van der Waals surface area contributed by atoms with E-state index in [1.165, 1.54) is 11.8 Å². The van der Waals surface area contributed by atoms with E-state index in [1.807, 2.05) is 11.6 Å². The SMILES string of the molecule is O=C(CSc1ncccn1)NC1CCN(c2nccs2)CC1. The molecule has 0 atom stereocenters. The van der Waals surface area contributed by atoms with Gasteiger partial charge in [0.05, 0.1) is 5.75 Å². The van der Waals surface area contributed by atoms with Crippen molar-refractivity contribution in [2.75, 3.05) is 23.7 Å². The molecule has 1 aliphatic heterocycles. The van der Waals surface area contributed by atoms with E-state index in [1.54, 1.807) is 29.8 Å². The summed E-state index contributed by atoms with van der Waals surface area (Å²) in [6.45, 7) is 1.88. The summed E-state index contributed by atoms with van der Waals surface area (Å²) in [5, 5.41) is 6.79. The van der Waals surface area contributed by atoms with Gasteiger partial charge in [-0.2, -0.15) is 0 Å². The number of nitrogens with zero attached hydrogens (tertiary/aromatic N) is 4. The van der Waals surface area contributed by atoms with Gasteiger partial charge in [-0.05, 0) is 18.9 Å². The van der Waals surface area contributed by atoms with E-state index in [2.05, 4.69) is 25.2 Å². The van der Waals surface area contributed by atoms with Crippen molar-refractivity contribution in [2.45, 2.75) is 24.0 Å². The van der Waals surface area contributed by atoms with Crippen LogP contribution in [0.4, 0.5) is 5.13 Å². The summed E-state index contributed by atoms with van der Waals surface area (Å²) in [6.07, 6.45) is 7.11. The molecule has 3 rings (SSSR count). The average molecular weight is 335 g/mol. The molecule has 22 heavy (non-hydrogen) atoms. The van der Waals surface area contributed by atoms with Gasteiger partial charge in [-0.25, -0.2) is 15.0 Å². The second-order valence-electron chi connectivity index (χ2n) is 4.96. The molecule has 8 heteroatoms. The smallest absolute Gasteiger partial charge is 0.230 e. The lowest BCUT2D eigenvalue weighted by molar-refractivity contribution is -0.119. The quantitative estimate of drug-likeness (QED) is 0.664. The Kier molecular flexibility index (Phi) is 5.23. The molecule has 3 heterocycles. The minimum absolute atomic E-state index is 0.0464. The summed E-state index contributed by atoms with van der Waals surface area (Å²) in [6, 6.07) is 2.02. The lowest BCUT2D eigenvalue weighted by atomic mass is 10.1. The maximum absolute atomic E-state index is 12.0. The number of nitrogens with one attached hydrogen (secondary N) is 1. The maximum atomic E-state index is 12.0. The Bertz CT molecular complexity index is 585. The molecule has 2 aromatic rings. The highest BCUT2D eigenvalue weighted by atomic mass is 32.2. The monoisotopic (exact) mass is 335 g/mol. The molecule has 2 aromatic heterocycles. The zero-order valence-electron chi connectivity index (χ0n) is 12.0. The number of rotatable bonds is 5. The molecule has 0 bridgehead atoms. The number of carbonyl (C=O) groups excluding carboxylic acids is 1. The van der Waals surface area contributed by atoms with E-state index in [0.29, 0.717) is 10.9 Å². The second kappa shape index (κ2) is 7.55. The molecule has 1 saturated heterocycles. The number of piperidine rings is 1. The summed E-state index contributed by atoms with van der Waals surface area (Å²) < 4.78 is 0. The Labute approximate surface area is 137 Å². The van der Waals surface area contributed by atoms with E-state index in [9.17, 15) is 4.79 Å². The molecule has 1 fully saturated rings. The van der Waals surface area contributed by atoms with E-state index >= 15 is 0 Å². The number of hydrogen-bond donors (Lipinski definition) is 1. The largest absolute Gasteiger partial charge is 0.353 e. The summed E-state index contributed by atoms with van der Waals surface area (Å²) in [5.74, 6) is 0.404. The molecule has 1 N–H and O–H groups in total. The van der Waals surface area contributed by atoms with Crippen molar-refractivity contribution in [3.8, 4) is 0 Å². The van der Waals surface area contributed by atoms with Gasteiger partial charge in [-0.1, -0.05) is 11.8 Å². The van der Waals surface area contributed by atoms with Gasteiger partial charge in [0.1, 0.15) is 0 Å². The lowest BCUT2D eigenvalue weighted by Crippen LogP contribution is -2.45. The molecule has 0 saturated carbocycles. The Morgan fingerprint density at radius 3 is 2.73 bits per heavy atom. The number of aromatic nitrogens is 3. The van der Waals surface area contributed by atoms with E-state index in [0.717, 1.165) is 31.1 Å². The first-order valence-electron chi connectivity index (χ1n) is 7.15. The van der Waals surface area contributed by atoms with E-state index < -0.39 is 0 Å². The number of thiazole rings is 1. The van der Waals surface area contributed by atoms with Crippen molar-refractivity contribution in [1.29, 1.82) is 0 Å². The summed E-state index contributed by atoms with van der Waals surface area (Å²) in [7, 11) is 0. The summed E-state index contributed by atoms with van der Waals surface area (Å²) in [4.78, 5) is 26.8. The zero-order valence-corrected chi connectivity index (χ0v) is 13.6. The van der Waals surface area contributed by atoms with E-state index in [4.69, 9.17) is 0 Å². The van der Waals surface area contributed by atoms with Crippen LogP contribution < -0.4 is 10.2 Å². The lowest BCUT2D eigenvalue weighted by Gasteiger charge is -2.32. The first-order chi connectivity index (χ1) is 10.8. The molecule has 1 amide bonds. The Morgan fingerprint density at radius 1 is 1.27 bits per heavy atom. The fourth-order valence-electron chi connectivity index (χ4n) is 2.35. The molecule has 0 aliphatic carbocycles. The van der Waals surface area contributed by atoms with Crippen molar-refractivity contribution in [2.24, 2.45) is 0 Å². The van der Waals surface area contributed by atoms with Crippen LogP contribution in [0, 0.1) is 0 Å². The number of thioether (sulfide) groups is 1. The van der Waals surface area contributed by atoms with Crippen LogP contribution in [0.3, 0.4) is 0 Å². The van der Waals surface area contributed by atoms with Gasteiger partial charge in [0.2, 0.25) is 5.91 Å². The van der Waals surface area contributed by atoms with Crippen LogP contribution in [-0.4, -0.2) is 45.7 Å². The highest BCUT2D eigenvalue weighted by Crippen LogP contribution is 2.22. The van der Waals surface area contributed by atoms with Crippen molar-refractivity contribution in [3.63, 3.8) is 0 Å². The fourth-order valence-corrected chi connectivity index (χ4v) is 3.66. The molecule has 0 unspecified atom stereocenters. The normalized spacial score (nSPS) is 15.7. The molecule has 0 spiro atoms. The fraction of sp³-hybridized carbons (Fsp3) is 0.429. The van der Waals surface area contributed by atoms with Gasteiger partial charge in [0.25, 0.3) is 0 Å². The van der Waals surface area contributed by atoms with Gasteiger partial charge < -0.3 is 10.2 Å². The highest BCUT2D eigenvalue weighted by Gasteiger charge is 2.21. The van der Waals surface area contributed by atoms with Crippen molar-refractivity contribution < 1.29 is 4.79 Å². The van der Waals surface area contributed by atoms with Crippen LogP contribution >= 0.6 is 23.1 Å². The van der Waals surface area contributed by atoms with Gasteiger partial charge in [0, 0.05) is 43.1 Å². The van der Waals surface area contributed by atoms with Crippen LogP contribution in [0.15, 0.2) is 35.2 Å². The highest BCUT2D eigenvalue weighted by molar-refractivity contribution is 7.99. The first kappa shape index (κ1) is 15.2. The molecule has 116 valence electrons. The van der Waals surface area contributed by atoms with Crippen molar-refractivity contribution in [3.05, 3.63) is 30.0 Å². The van der Waals surface area contributed by atoms with Crippen molar-refractivity contribution >= 4 is 34.1 Å². The van der Waals surface area contributed by atoms with E-state index in [-0.39, 0.29) is 11.9 Å². The van der Waals surface area contributed by atoms with Crippen LogP contribution in [-0.2, 0) is 4.79 Å². The average Bonchev–Trinajstić information content (AvgIpc) is 3.09. The Balaban J connectivity index is 1.40. The zero-order chi connectivity index (χ0) is 15.2. The van der Waals surface area contributed by atoms with Crippen LogP contribution in [0.5, 0.6) is 0 Å². The van der Waals surface area contributed by atoms with Crippen molar-refractivity contribution in [1.82, 2.24) is 20.3 Å². The first-order valence-corrected chi connectivity index (χ1v) is 9.01. The number of hydrogen-bond acceptors (Lipinski definition) is 7. The number of anilines is 1. The van der Waals surface area contributed by atoms with Crippen LogP contribution in [0.2, 0.25) is 0 Å². The molecule has 0 aromatic carbocycles. The predicted octanol–water partition coefficient (Wildman–Crippen LogP) is 1.81. The molecule has 0 radical (unpaired) electrons. The minimum atomic E-state index is 0.0464. The Morgan fingerprint density at radius 2 is 2.05 bits per heavy atom. The second-order valence-corrected chi connectivity index (χ2v) is 6.78. The van der Waals surface area contributed by atoms with Crippen LogP contribution in [0.25, 0.3) is 0 Å². The molecular weight excluding hydrogens is 318 g/mol. The molecule has 6 nitrogen and oxygen atoms in total. The molecular formula is C14H17N5OS2. The topological polar surface area (TPSA) is 71.0 Å². The van der Waals surface area contributed by atoms with Gasteiger partial charge in [-0.15, -0.1) is 11.3 Å². The Hall–Kier alpha value is -1.67. The summed E-state index contributed by atoms with van der Waals surface area (Å²) in [5.41, 5.74) is 0. The maximum Gasteiger partial charge on any atom is 0.230 e. The third kappa shape index (κ3) is 4.17. The predicted molar refractivity (Wildman–Crippen MR) is 88.2 cm³/mol. The summed E-state index contributed by atoms with van der Waals surface area (Å²) >= 11 is 3.02. The standard InChI is InChI=1S/C14H17N5OS2/c20-12(10-22-13-15-4-1-5-16-13)18-11-2-7-19(8-3-11)14-17-6-9-21-14/h1,4-6,9,11H,2-3,7-8,10H2,(H,18,20). The number of carbonyl (C=O) groups is 1. The third-order valence-electron chi connectivity index (χ3n) is 3.42.